The van der Waals surface area contributed by atoms with Crippen molar-refractivity contribution in [2.24, 2.45) is 5.92 Å². The number of nitrogens with zero attached hydrogens (tertiary/aromatic N) is 1. The Morgan fingerprint density at radius 3 is 2.44 bits per heavy atom. The molecule has 4 rings (SSSR count). The van der Waals surface area contributed by atoms with E-state index in [9.17, 15) is 40.3 Å². The van der Waals surface area contributed by atoms with Crippen LogP contribution in [0.2, 0.25) is 0 Å². The minimum Gasteiger partial charge on any atom is -0.489 e. The van der Waals surface area contributed by atoms with Gasteiger partial charge >= 0.3 is 12.1 Å². The predicted octanol–water partition coefficient (Wildman–Crippen LogP) is 5.01. The number of carboxylic acid groups (broad SMARTS) is 1. The Labute approximate surface area is 202 Å². The SMILES string of the molecule is O=C(O)C1Cc2ccc(OCc3c(F)cccc3C(F)(F)F)cc2N(S(=O)(=O)c2cccc(F)c2)C1. The van der Waals surface area contributed by atoms with Crippen LogP contribution in [0.1, 0.15) is 16.7 Å². The Morgan fingerprint density at radius 1 is 1.06 bits per heavy atom. The maximum atomic E-state index is 14.2. The Kier molecular flexibility index (Phi) is 6.65. The maximum Gasteiger partial charge on any atom is 0.416 e. The summed E-state index contributed by atoms with van der Waals surface area (Å²) in [5, 5.41) is 9.51. The first kappa shape index (κ1) is 25.4. The van der Waals surface area contributed by atoms with E-state index in [1.54, 1.807) is 0 Å². The second kappa shape index (κ2) is 9.41. The van der Waals surface area contributed by atoms with Crippen LogP contribution in [0, 0.1) is 17.6 Å². The molecule has 1 N–H and O–H groups in total. The minimum absolute atomic E-state index is 0.0222. The number of fused-ring (bicyclic) bond motifs is 1. The van der Waals surface area contributed by atoms with Gasteiger partial charge in [0.2, 0.25) is 0 Å². The second-order valence-electron chi connectivity index (χ2n) is 8.08. The number of anilines is 1. The molecule has 36 heavy (non-hydrogen) atoms. The number of carboxylic acids is 1. The van der Waals surface area contributed by atoms with Gasteiger partial charge in [-0.05, 0) is 48.4 Å². The Bertz CT molecular complexity index is 1420. The van der Waals surface area contributed by atoms with Crippen LogP contribution in [-0.2, 0) is 34.0 Å². The number of aliphatic carboxylic acids is 1. The third-order valence-corrected chi connectivity index (χ3v) is 7.49. The fourth-order valence-corrected chi connectivity index (χ4v) is 5.51. The average Bonchev–Trinajstić information content (AvgIpc) is 2.81. The number of ether oxygens (including phenoxy) is 1. The third kappa shape index (κ3) is 4.99. The van der Waals surface area contributed by atoms with E-state index < -0.39 is 68.9 Å². The van der Waals surface area contributed by atoms with Crippen LogP contribution in [0.4, 0.5) is 27.6 Å². The van der Waals surface area contributed by atoms with E-state index in [1.165, 1.54) is 24.3 Å². The molecule has 190 valence electrons. The molecule has 1 heterocycles. The summed E-state index contributed by atoms with van der Waals surface area (Å²) in [5.74, 6) is -4.34. The molecular weight excluding hydrogens is 509 g/mol. The van der Waals surface area contributed by atoms with Gasteiger partial charge in [0, 0.05) is 18.2 Å². The molecule has 1 unspecified atom stereocenters. The number of halogens is 5. The topological polar surface area (TPSA) is 83.9 Å². The van der Waals surface area contributed by atoms with Crippen LogP contribution in [0.15, 0.2) is 65.6 Å². The highest BCUT2D eigenvalue weighted by Crippen LogP contribution is 2.38. The molecule has 3 aromatic rings. The van der Waals surface area contributed by atoms with Crippen molar-refractivity contribution in [2.45, 2.75) is 24.1 Å². The summed E-state index contributed by atoms with van der Waals surface area (Å²) in [4.78, 5) is 11.3. The van der Waals surface area contributed by atoms with Gasteiger partial charge in [0.1, 0.15) is 24.0 Å². The standard InChI is InChI=1S/C24H18F5NO5S/c25-16-3-1-4-18(10-16)36(33,34)30-12-15(23(31)32)9-14-7-8-17(11-22(14)30)35-13-19-20(24(27,28)29)5-2-6-21(19)26/h1-8,10-11,15H,9,12-13H2,(H,31,32). The molecule has 1 aliphatic rings. The predicted molar refractivity (Wildman–Crippen MR) is 118 cm³/mol. The van der Waals surface area contributed by atoms with Crippen LogP contribution in [0.5, 0.6) is 5.75 Å². The molecule has 0 bridgehead atoms. The number of alkyl halides is 3. The van der Waals surface area contributed by atoms with E-state index in [-0.39, 0.29) is 17.9 Å². The molecule has 0 aliphatic carbocycles. The zero-order chi connectivity index (χ0) is 26.3. The van der Waals surface area contributed by atoms with Crippen molar-refractivity contribution >= 4 is 21.7 Å². The maximum absolute atomic E-state index is 14.2. The molecule has 1 atom stereocenters. The van der Waals surface area contributed by atoms with Crippen LogP contribution in [0.3, 0.4) is 0 Å². The average molecular weight is 527 g/mol. The smallest absolute Gasteiger partial charge is 0.416 e. The van der Waals surface area contributed by atoms with Crippen molar-refractivity contribution < 1.29 is 45.0 Å². The Hall–Kier alpha value is -3.67. The molecule has 0 spiro atoms. The van der Waals surface area contributed by atoms with Crippen molar-refractivity contribution in [1.82, 2.24) is 0 Å². The lowest BCUT2D eigenvalue weighted by molar-refractivity contribution is -0.141. The van der Waals surface area contributed by atoms with Crippen molar-refractivity contribution in [3.63, 3.8) is 0 Å². The number of benzene rings is 3. The molecule has 3 aromatic carbocycles. The highest BCUT2D eigenvalue weighted by atomic mass is 32.2. The minimum atomic E-state index is -4.82. The van der Waals surface area contributed by atoms with Crippen LogP contribution < -0.4 is 9.04 Å². The largest absolute Gasteiger partial charge is 0.489 e. The van der Waals surface area contributed by atoms with Gasteiger partial charge in [-0.3, -0.25) is 9.10 Å². The van der Waals surface area contributed by atoms with E-state index in [0.29, 0.717) is 11.6 Å². The molecule has 1 aliphatic heterocycles. The Morgan fingerprint density at radius 2 is 1.78 bits per heavy atom. The second-order valence-corrected chi connectivity index (χ2v) is 9.94. The normalized spacial score (nSPS) is 15.9. The Balaban J connectivity index is 1.71. The van der Waals surface area contributed by atoms with Crippen molar-refractivity contribution in [3.8, 4) is 5.75 Å². The first-order valence-corrected chi connectivity index (χ1v) is 11.9. The molecule has 6 nitrogen and oxygen atoms in total. The molecule has 0 fully saturated rings. The zero-order valence-electron chi connectivity index (χ0n) is 18.3. The lowest BCUT2D eigenvalue weighted by atomic mass is 9.94. The van der Waals surface area contributed by atoms with E-state index >= 15 is 0 Å². The fraction of sp³-hybridized carbons (Fsp3) is 0.208. The third-order valence-electron chi connectivity index (χ3n) is 5.72. The first-order chi connectivity index (χ1) is 16.9. The highest BCUT2D eigenvalue weighted by molar-refractivity contribution is 7.92. The monoisotopic (exact) mass is 527 g/mol. The molecular formula is C24H18F5NO5S. The van der Waals surface area contributed by atoms with Gasteiger partial charge in [-0.15, -0.1) is 0 Å². The highest BCUT2D eigenvalue weighted by Gasteiger charge is 2.37. The van der Waals surface area contributed by atoms with Gasteiger partial charge in [0.25, 0.3) is 10.0 Å². The number of rotatable bonds is 6. The number of hydrogen-bond donors (Lipinski definition) is 1. The van der Waals surface area contributed by atoms with Crippen LogP contribution in [0.25, 0.3) is 0 Å². The van der Waals surface area contributed by atoms with Gasteiger partial charge < -0.3 is 9.84 Å². The molecule has 0 amide bonds. The van der Waals surface area contributed by atoms with Crippen LogP contribution in [-0.4, -0.2) is 26.0 Å². The summed E-state index contributed by atoms with van der Waals surface area (Å²) >= 11 is 0. The van der Waals surface area contributed by atoms with E-state index in [1.807, 2.05) is 0 Å². The zero-order valence-corrected chi connectivity index (χ0v) is 19.1. The molecule has 0 saturated heterocycles. The molecule has 0 radical (unpaired) electrons. The summed E-state index contributed by atoms with van der Waals surface area (Å²) < 4.78 is 101. The van der Waals surface area contributed by atoms with Crippen molar-refractivity contribution in [3.05, 3.63) is 89.0 Å². The summed E-state index contributed by atoms with van der Waals surface area (Å²) in [6, 6.07) is 10.6. The first-order valence-electron chi connectivity index (χ1n) is 10.5. The molecule has 0 aromatic heterocycles. The van der Waals surface area contributed by atoms with Crippen LogP contribution >= 0.6 is 0 Å². The summed E-state index contributed by atoms with van der Waals surface area (Å²) in [6.45, 7) is -1.26. The van der Waals surface area contributed by atoms with Gasteiger partial charge in [0.05, 0.1) is 22.1 Å². The lowest BCUT2D eigenvalue weighted by Crippen LogP contribution is -2.42. The fourth-order valence-electron chi connectivity index (χ4n) is 3.94. The van der Waals surface area contributed by atoms with Gasteiger partial charge in [0.15, 0.2) is 0 Å². The quantitative estimate of drug-likeness (QED) is 0.456. The van der Waals surface area contributed by atoms with Gasteiger partial charge in [-0.25, -0.2) is 17.2 Å². The molecule has 0 saturated carbocycles. The van der Waals surface area contributed by atoms with E-state index in [0.717, 1.165) is 34.6 Å². The van der Waals surface area contributed by atoms with Crippen molar-refractivity contribution in [1.29, 1.82) is 0 Å². The van der Waals surface area contributed by atoms with E-state index in [2.05, 4.69) is 0 Å². The van der Waals surface area contributed by atoms with Crippen molar-refractivity contribution in [2.75, 3.05) is 10.8 Å². The number of sulfonamides is 1. The number of hydrogen-bond acceptors (Lipinski definition) is 4. The van der Waals surface area contributed by atoms with Gasteiger partial charge in [-0.2, -0.15) is 13.2 Å². The molecule has 12 heteroatoms. The summed E-state index contributed by atoms with van der Waals surface area (Å²) in [6.07, 6.45) is -4.84. The lowest BCUT2D eigenvalue weighted by Gasteiger charge is -2.34. The van der Waals surface area contributed by atoms with E-state index in [4.69, 9.17) is 4.74 Å². The van der Waals surface area contributed by atoms with Gasteiger partial charge in [-0.1, -0.05) is 18.2 Å². The number of carbonyl (C=O) groups is 1. The summed E-state index contributed by atoms with van der Waals surface area (Å²) in [5.41, 5.74) is -1.58. The summed E-state index contributed by atoms with van der Waals surface area (Å²) in [7, 11) is -4.42.